The molecule has 0 saturated carbocycles. The van der Waals surface area contributed by atoms with Crippen LogP contribution in [0, 0.1) is 3.57 Å². The van der Waals surface area contributed by atoms with Gasteiger partial charge < -0.3 is 0 Å². The van der Waals surface area contributed by atoms with Crippen LogP contribution in [-0.2, 0) is 11.6 Å². The molecule has 0 spiro atoms. The van der Waals surface area contributed by atoms with Crippen LogP contribution in [0.4, 0.5) is 13.2 Å². The fraction of sp³-hybridized carbons (Fsp3) is 0.294. The smallest absolute Gasteiger partial charge is 0.166 e. The first kappa shape index (κ1) is 16.3. The Morgan fingerprint density at radius 2 is 1.43 bits per heavy atom. The summed E-state index contributed by atoms with van der Waals surface area (Å²) in [5.41, 5.74) is 1.35. The van der Waals surface area contributed by atoms with Gasteiger partial charge in [0.15, 0.2) is 0 Å². The van der Waals surface area contributed by atoms with E-state index in [0.29, 0.717) is 5.56 Å². The first-order chi connectivity index (χ1) is 9.60. The second kappa shape index (κ2) is 5.63. The number of alkyl halides is 3. The zero-order valence-electron chi connectivity index (χ0n) is 12.1. The van der Waals surface area contributed by atoms with Gasteiger partial charge in [-0.2, -0.15) is 13.2 Å². The molecule has 0 atom stereocenters. The molecule has 0 bridgehead atoms. The lowest BCUT2D eigenvalue weighted by Crippen LogP contribution is -2.11. The molecular formula is C17H16F3I. The molecule has 21 heavy (non-hydrogen) atoms. The molecule has 0 aliphatic rings. The molecular weight excluding hydrogens is 388 g/mol. The Kier molecular flexibility index (Phi) is 4.38. The molecule has 0 amide bonds. The van der Waals surface area contributed by atoms with Gasteiger partial charge in [0, 0.05) is 3.57 Å². The first-order valence-corrected chi connectivity index (χ1v) is 7.65. The average molecular weight is 404 g/mol. The van der Waals surface area contributed by atoms with E-state index < -0.39 is 11.7 Å². The van der Waals surface area contributed by atoms with E-state index in [1.165, 1.54) is 12.1 Å². The lowest BCUT2D eigenvalue weighted by molar-refractivity contribution is -0.137. The topological polar surface area (TPSA) is 0 Å². The Morgan fingerprint density at radius 3 is 1.90 bits per heavy atom. The zero-order valence-corrected chi connectivity index (χ0v) is 14.2. The summed E-state index contributed by atoms with van der Waals surface area (Å²) in [6.07, 6.45) is -4.35. The van der Waals surface area contributed by atoms with Gasteiger partial charge in [0.2, 0.25) is 0 Å². The molecule has 0 aliphatic carbocycles. The molecule has 2 aromatic rings. The van der Waals surface area contributed by atoms with Crippen molar-refractivity contribution in [2.45, 2.75) is 32.4 Å². The second-order valence-electron chi connectivity index (χ2n) is 5.99. The summed E-state index contributed by atoms with van der Waals surface area (Å²) in [6.45, 7) is 6.23. The van der Waals surface area contributed by atoms with Gasteiger partial charge in [0.1, 0.15) is 0 Å². The van der Waals surface area contributed by atoms with Crippen molar-refractivity contribution in [1.29, 1.82) is 0 Å². The summed E-state index contributed by atoms with van der Waals surface area (Å²) in [7, 11) is 0. The average Bonchev–Trinajstić information content (AvgIpc) is 2.36. The molecule has 0 N–H and O–H groups in total. The van der Waals surface area contributed by atoms with E-state index in [-0.39, 0.29) is 14.5 Å². The minimum atomic E-state index is -4.35. The molecule has 0 nitrogen and oxygen atoms in total. The normalized spacial score (nSPS) is 12.5. The number of halogens is 4. The van der Waals surface area contributed by atoms with Crippen LogP contribution in [0.5, 0.6) is 0 Å². The molecule has 0 aliphatic heterocycles. The minimum absolute atomic E-state index is 0.0174. The van der Waals surface area contributed by atoms with E-state index >= 15 is 0 Å². The van der Waals surface area contributed by atoms with Gasteiger partial charge >= 0.3 is 6.18 Å². The van der Waals surface area contributed by atoms with E-state index in [9.17, 15) is 13.2 Å². The molecule has 2 aromatic carbocycles. The largest absolute Gasteiger partial charge is 0.418 e. The van der Waals surface area contributed by atoms with Crippen LogP contribution in [0.3, 0.4) is 0 Å². The van der Waals surface area contributed by atoms with Gasteiger partial charge in [-0.15, -0.1) is 0 Å². The van der Waals surface area contributed by atoms with Gasteiger partial charge in [0.25, 0.3) is 0 Å². The van der Waals surface area contributed by atoms with Crippen molar-refractivity contribution in [2.24, 2.45) is 0 Å². The maximum Gasteiger partial charge on any atom is 0.418 e. The number of hydrogen-bond acceptors (Lipinski definition) is 0. The van der Waals surface area contributed by atoms with E-state index in [0.717, 1.165) is 5.56 Å². The van der Waals surface area contributed by atoms with Crippen LogP contribution in [0.1, 0.15) is 31.9 Å². The van der Waals surface area contributed by atoms with Crippen LogP contribution >= 0.6 is 22.6 Å². The lowest BCUT2D eigenvalue weighted by atomic mass is 9.86. The lowest BCUT2D eigenvalue weighted by Gasteiger charge is -2.20. The summed E-state index contributed by atoms with van der Waals surface area (Å²) in [6, 6.07) is 12.0. The quantitative estimate of drug-likeness (QED) is 0.491. The maximum atomic E-state index is 13.3. The molecule has 112 valence electrons. The van der Waals surface area contributed by atoms with Crippen LogP contribution in [0.2, 0.25) is 0 Å². The van der Waals surface area contributed by atoms with Gasteiger partial charge in [-0.3, -0.25) is 0 Å². The third kappa shape index (κ3) is 3.59. The fourth-order valence-electron chi connectivity index (χ4n) is 2.20. The highest BCUT2D eigenvalue weighted by Crippen LogP contribution is 2.40. The van der Waals surface area contributed by atoms with Crippen molar-refractivity contribution >= 4 is 22.6 Å². The second-order valence-corrected chi connectivity index (χ2v) is 7.15. The SMILES string of the molecule is CC(C)(C)c1ccc(-c2cccc(I)c2C(F)(F)F)cc1. The Bertz CT molecular complexity index is 635. The molecule has 0 radical (unpaired) electrons. The van der Waals surface area contributed by atoms with Crippen LogP contribution in [0.25, 0.3) is 11.1 Å². The van der Waals surface area contributed by atoms with Gasteiger partial charge in [-0.25, -0.2) is 0 Å². The van der Waals surface area contributed by atoms with Crippen molar-refractivity contribution in [2.75, 3.05) is 0 Å². The monoisotopic (exact) mass is 404 g/mol. The molecule has 4 heteroatoms. The Labute approximate surface area is 136 Å². The predicted molar refractivity (Wildman–Crippen MR) is 88.3 cm³/mol. The number of rotatable bonds is 1. The molecule has 0 aromatic heterocycles. The van der Waals surface area contributed by atoms with E-state index in [2.05, 4.69) is 20.8 Å². The van der Waals surface area contributed by atoms with Crippen molar-refractivity contribution < 1.29 is 13.2 Å². The Hall–Kier alpha value is -1.04. The van der Waals surface area contributed by atoms with Crippen molar-refractivity contribution in [3.8, 4) is 11.1 Å². The Balaban J connectivity index is 2.56. The van der Waals surface area contributed by atoms with Gasteiger partial charge in [0.05, 0.1) is 5.56 Å². The summed E-state index contributed by atoms with van der Waals surface area (Å²) < 4.78 is 40.0. The minimum Gasteiger partial charge on any atom is -0.166 e. The summed E-state index contributed by atoms with van der Waals surface area (Å²) in [4.78, 5) is 0. The van der Waals surface area contributed by atoms with Crippen molar-refractivity contribution in [3.63, 3.8) is 0 Å². The van der Waals surface area contributed by atoms with E-state index in [4.69, 9.17) is 0 Å². The number of benzene rings is 2. The highest BCUT2D eigenvalue weighted by atomic mass is 127. The number of hydrogen-bond donors (Lipinski definition) is 0. The summed E-state index contributed by atoms with van der Waals surface area (Å²) in [5.74, 6) is 0. The molecule has 0 fully saturated rings. The summed E-state index contributed by atoms with van der Waals surface area (Å²) in [5, 5.41) is 0. The highest BCUT2D eigenvalue weighted by molar-refractivity contribution is 14.1. The van der Waals surface area contributed by atoms with Crippen LogP contribution < -0.4 is 0 Å². The van der Waals surface area contributed by atoms with Crippen molar-refractivity contribution in [3.05, 3.63) is 57.2 Å². The molecule has 0 unspecified atom stereocenters. The molecule has 0 saturated heterocycles. The Morgan fingerprint density at radius 1 is 0.857 bits per heavy atom. The maximum absolute atomic E-state index is 13.3. The van der Waals surface area contributed by atoms with Gasteiger partial charge in [-0.1, -0.05) is 57.2 Å². The van der Waals surface area contributed by atoms with Gasteiger partial charge in [-0.05, 0) is 50.8 Å². The van der Waals surface area contributed by atoms with E-state index in [1.54, 1.807) is 40.8 Å². The molecule has 2 rings (SSSR count). The third-order valence-electron chi connectivity index (χ3n) is 3.36. The third-order valence-corrected chi connectivity index (χ3v) is 4.26. The fourth-order valence-corrected chi connectivity index (χ4v) is 3.01. The van der Waals surface area contributed by atoms with Crippen LogP contribution in [-0.4, -0.2) is 0 Å². The standard InChI is InChI=1S/C17H16F3I/c1-16(2,3)12-9-7-11(8-10-12)13-5-4-6-14(21)15(13)17(18,19)20/h4-10H,1-3H3. The first-order valence-electron chi connectivity index (χ1n) is 6.57. The highest BCUT2D eigenvalue weighted by Gasteiger charge is 2.35. The van der Waals surface area contributed by atoms with E-state index in [1.807, 2.05) is 12.1 Å². The predicted octanol–water partition coefficient (Wildman–Crippen LogP) is 6.27. The summed E-state index contributed by atoms with van der Waals surface area (Å²) >= 11 is 1.74. The zero-order chi connectivity index (χ0) is 15.8. The molecule has 0 heterocycles. The van der Waals surface area contributed by atoms with Crippen molar-refractivity contribution in [1.82, 2.24) is 0 Å². The van der Waals surface area contributed by atoms with Crippen LogP contribution in [0.15, 0.2) is 42.5 Å².